The van der Waals surface area contributed by atoms with Crippen molar-refractivity contribution in [3.8, 4) is 17.2 Å². The van der Waals surface area contributed by atoms with Crippen LogP contribution < -0.4 is 23.8 Å². The predicted octanol–water partition coefficient (Wildman–Crippen LogP) is 2.65. The molecule has 8 nitrogen and oxygen atoms in total. The Morgan fingerprint density at radius 2 is 1.62 bits per heavy atom. The first-order chi connectivity index (χ1) is 13.8. The number of nitrogens with one attached hydrogen (secondary N) is 1. The molecule has 1 fully saturated rings. The second-order valence-electron chi connectivity index (χ2n) is 6.78. The van der Waals surface area contributed by atoms with Crippen LogP contribution in [0.1, 0.15) is 13.3 Å². The summed E-state index contributed by atoms with van der Waals surface area (Å²) in [5.74, 6) is 0.948. The summed E-state index contributed by atoms with van der Waals surface area (Å²) in [5.41, 5.74) is 0.863. The van der Waals surface area contributed by atoms with Crippen LogP contribution in [-0.4, -0.2) is 46.9 Å². The maximum absolute atomic E-state index is 13.2. The first-order valence-electron chi connectivity index (χ1n) is 8.96. The van der Waals surface area contributed by atoms with Crippen molar-refractivity contribution in [2.45, 2.75) is 18.1 Å². The molecule has 1 aliphatic heterocycles. The molecule has 0 aliphatic carbocycles. The quantitative estimate of drug-likeness (QED) is 0.772. The highest BCUT2D eigenvalue weighted by Crippen LogP contribution is 2.39. The second kappa shape index (κ2) is 7.82. The average molecular weight is 420 g/mol. The van der Waals surface area contributed by atoms with Gasteiger partial charge in [-0.15, -0.1) is 0 Å². The van der Waals surface area contributed by atoms with Crippen molar-refractivity contribution in [1.82, 2.24) is 0 Å². The Morgan fingerprint density at radius 3 is 2.21 bits per heavy atom. The van der Waals surface area contributed by atoms with Gasteiger partial charge in [0.2, 0.25) is 15.9 Å². The third-order valence-electron chi connectivity index (χ3n) is 5.15. The van der Waals surface area contributed by atoms with E-state index in [2.05, 4.69) is 5.32 Å². The molecule has 2 aromatic rings. The van der Waals surface area contributed by atoms with Gasteiger partial charge in [-0.1, -0.05) is 0 Å². The van der Waals surface area contributed by atoms with E-state index < -0.39 is 20.7 Å². The Balaban J connectivity index is 1.87. The molecule has 1 amide bonds. The van der Waals surface area contributed by atoms with Crippen LogP contribution in [0.15, 0.2) is 42.5 Å². The molecule has 0 aromatic heterocycles. The van der Waals surface area contributed by atoms with Gasteiger partial charge in [-0.05, 0) is 49.7 Å². The van der Waals surface area contributed by atoms with Crippen LogP contribution in [-0.2, 0) is 14.8 Å². The molecule has 1 heterocycles. The number of benzene rings is 2. The van der Waals surface area contributed by atoms with Crippen LogP contribution in [0.2, 0.25) is 0 Å². The Bertz CT molecular complexity index is 1010. The maximum Gasteiger partial charge on any atom is 0.249 e. The molecule has 0 bridgehead atoms. The van der Waals surface area contributed by atoms with Crippen molar-refractivity contribution >= 4 is 27.3 Å². The lowest BCUT2D eigenvalue weighted by Gasteiger charge is -2.25. The second-order valence-corrected chi connectivity index (χ2v) is 9.07. The Morgan fingerprint density at radius 1 is 1.00 bits per heavy atom. The molecule has 9 heteroatoms. The number of carbonyl (C=O) groups is 1. The van der Waals surface area contributed by atoms with E-state index in [-0.39, 0.29) is 13.0 Å². The van der Waals surface area contributed by atoms with E-state index in [1.165, 1.54) is 32.6 Å². The predicted molar refractivity (Wildman–Crippen MR) is 110 cm³/mol. The highest BCUT2D eigenvalue weighted by atomic mass is 32.2. The van der Waals surface area contributed by atoms with Gasteiger partial charge in [-0.3, -0.25) is 9.10 Å². The van der Waals surface area contributed by atoms with Gasteiger partial charge in [-0.25, -0.2) is 8.42 Å². The normalized spacial score (nSPS) is 20.2. The molecule has 1 aliphatic rings. The molecular weight excluding hydrogens is 396 g/mol. The SMILES string of the molecule is COc1ccc(N2CC[C@@](C)(C(=O)Nc3ccc(OC)cc3OC)S2(=O)=O)cc1. The standard InChI is InChI=1S/C20H24N2O6S/c1-20(19(23)21-17-10-9-16(27-3)13-18(17)28-4)11-12-22(29(20,24)25)14-5-7-15(26-2)8-6-14/h5-10,13H,11-12H2,1-4H3,(H,21,23)/t20-/m0/s1. The number of ether oxygens (including phenoxy) is 3. The largest absolute Gasteiger partial charge is 0.497 e. The molecule has 3 rings (SSSR count). The zero-order chi connectivity index (χ0) is 21.2. The zero-order valence-corrected chi connectivity index (χ0v) is 17.6. The zero-order valence-electron chi connectivity index (χ0n) is 16.8. The van der Waals surface area contributed by atoms with Crippen LogP contribution >= 0.6 is 0 Å². The number of methoxy groups -OCH3 is 3. The van der Waals surface area contributed by atoms with Crippen molar-refractivity contribution in [3.63, 3.8) is 0 Å². The minimum Gasteiger partial charge on any atom is -0.497 e. The van der Waals surface area contributed by atoms with E-state index in [1.807, 2.05) is 0 Å². The summed E-state index contributed by atoms with van der Waals surface area (Å²) in [6, 6.07) is 11.6. The van der Waals surface area contributed by atoms with Gasteiger partial charge in [0.15, 0.2) is 4.75 Å². The van der Waals surface area contributed by atoms with Crippen molar-refractivity contribution in [2.24, 2.45) is 0 Å². The molecule has 0 spiro atoms. The van der Waals surface area contributed by atoms with Gasteiger partial charge in [0.25, 0.3) is 0 Å². The summed E-state index contributed by atoms with van der Waals surface area (Å²) in [6.45, 7) is 1.65. The Labute approximate surface area is 170 Å². The van der Waals surface area contributed by atoms with Gasteiger partial charge >= 0.3 is 0 Å². The van der Waals surface area contributed by atoms with Crippen molar-refractivity contribution in [3.05, 3.63) is 42.5 Å². The van der Waals surface area contributed by atoms with Crippen LogP contribution in [0.25, 0.3) is 0 Å². The van der Waals surface area contributed by atoms with E-state index in [4.69, 9.17) is 14.2 Å². The fourth-order valence-electron chi connectivity index (χ4n) is 3.21. The molecule has 2 aromatic carbocycles. The number of rotatable bonds is 6. The van der Waals surface area contributed by atoms with Crippen LogP contribution in [0.5, 0.6) is 17.2 Å². The van der Waals surface area contributed by atoms with Gasteiger partial charge in [-0.2, -0.15) is 0 Å². The van der Waals surface area contributed by atoms with Crippen molar-refractivity contribution < 1.29 is 27.4 Å². The average Bonchev–Trinajstić information content (AvgIpc) is 2.98. The highest BCUT2D eigenvalue weighted by Gasteiger charge is 2.54. The lowest BCUT2D eigenvalue weighted by Crippen LogP contribution is -2.47. The third kappa shape index (κ3) is 3.57. The Kier molecular flexibility index (Phi) is 5.61. The molecule has 29 heavy (non-hydrogen) atoms. The fraction of sp³-hybridized carbons (Fsp3) is 0.350. The lowest BCUT2D eigenvalue weighted by atomic mass is 10.1. The van der Waals surface area contributed by atoms with E-state index >= 15 is 0 Å². The number of nitrogens with zero attached hydrogens (tertiary/aromatic N) is 1. The minimum atomic E-state index is -3.94. The number of sulfonamides is 1. The van der Waals surface area contributed by atoms with E-state index in [1.54, 1.807) is 42.5 Å². The smallest absolute Gasteiger partial charge is 0.249 e. The number of carbonyl (C=O) groups excluding carboxylic acids is 1. The molecule has 156 valence electrons. The summed E-state index contributed by atoms with van der Waals surface area (Å²) in [5, 5.41) is 2.70. The van der Waals surface area contributed by atoms with Gasteiger partial charge in [0.05, 0.1) is 32.7 Å². The van der Waals surface area contributed by atoms with E-state index in [0.717, 1.165) is 0 Å². The summed E-state index contributed by atoms with van der Waals surface area (Å²) in [4.78, 5) is 13.0. The first kappa shape index (κ1) is 20.8. The van der Waals surface area contributed by atoms with Crippen LogP contribution in [0.3, 0.4) is 0 Å². The van der Waals surface area contributed by atoms with Crippen molar-refractivity contribution in [2.75, 3.05) is 37.5 Å². The van der Waals surface area contributed by atoms with Crippen LogP contribution in [0, 0.1) is 0 Å². The topological polar surface area (TPSA) is 94.2 Å². The number of hydrogen-bond donors (Lipinski definition) is 1. The van der Waals surface area contributed by atoms with Gasteiger partial charge < -0.3 is 19.5 Å². The summed E-state index contributed by atoms with van der Waals surface area (Å²) in [6.07, 6.45) is 0.158. The Hall–Kier alpha value is -2.94. The molecule has 0 unspecified atom stereocenters. The molecule has 0 radical (unpaired) electrons. The molecule has 1 N–H and O–H groups in total. The molecular formula is C20H24N2O6S. The minimum absolute atomic E-state index is 0.158. The van der Waals surface area contributed by atoms with Gasteiger partial charge in [0, 0.05) is 12.6 Å². The van der Waals surface area contributed by atoms with Crippen LogP contribution in [0.4, 0.5) is 11.4 Å². The summed E-state index contributed by atoms with van der Waals surface area (Å²) >= 11 is 0. The summed E-state index contributed by atoms with van der Waals surface area (Å²) < 4.78 is 41.7. The monoisotopic (exact) mass is 420 g/mol. The molecule has 1 atom stereocenters. The lowest BCUT2D eigenvalue weighted by molar-refractivity contribution is -0.118. The number of anilines is 2. The van der Waals surface area contributed by atoms with Gasteiger partial charge in [0.1, 0.15) is 17.2 Å². The van der Waals surface area contributed by atoms with E-state index in [0.29, 0.717) is 28.6 Å². The van der Waals surface area contributed by atoms with E-state index in [9.17, 15) is 13.2 Å². The molecule has 0 saturated carbocycles. The number of amides is 1. The van der Waals surface area contributed by atoms with Crippen molar-refractivity contribution in [1.29, 1.82) is 0 Å². The molecule has 1 saturated heterocycles. The number of hydrogen-bond acceptors (Lipinski definition) is 6. The fourth-order valence-corrected chi connectivity index (χ4v) is 5.06. The summed E-state index contributed by atoms with van der Waals surface area (Å²) in [7, 11) is 0.584. The third-order valence-corrected chi connectivity index (χ3v) is 7.65. The first-order valence-corrected chi connectivity index (χ1v) is 10.4. The highest BCUT2D eigenvalue weighted by molar-refractivity contribution is 7.95. The maximum atomic E-state index is 13.2.